The van der Waals surface area contributed by atoms with Crippen molar-refractivity contribution in [3.63, 3.8) is 0 Å². The minimum absolute atomic E-state index is 0.159. The average Bonchev–Trinajstić information content (AvgIpc) is 3.07. The van der Waals surface area contributed by atoms with E-state index in [1.165, 1.54) is 6.20 Å². The van der Waals surface area contributed by atoms with Crippen molar-refractivity contribution >= 4 is 10.0 Å². The predicted molar refractivity (Wildman–Crippen MR) is 84.6 cm³/mol. The second-order valence-electron chi connectivity index (χ2n) is 5.17. The zero-order valence-electron chi connectivity index (χ0n) is 12.7. The van der Waals surface area contributed by atoms with Gasteiger partial charge in [-0.05, 0) is 25.0 Å². The van der Waals surface area contributed by atoms with Gasteiger partial charge in [-0.2, -0.15) is 0 Å². The third-order valence-corrected chi connectivity index (χ3v) is 5.61. The number of rotatable bonds is 7. The van der Waals surface area contributed by atoms with Gasteiger partial charge in [0.1, 0.15) is 0 Å². The summed E-state index contributed by atoms with van der Waals surface area (Å²) in [5.41, 5.74) is 5.62. The molecule has 0 amide bonds. The number of hydrogen-bond donors (Lipinski definition) is 2. The molecule has 0 aliphatic rings. The van der Waals surface area contributed by atoms with E-state index in [9.17, 15) is 8.42 Å². The Morgan fingerprint density at radius 2 is 1.91 bits per heavy atom. The zero-order chi connectivity index (χ0) is 16.2. The average molecular weight is 323 g/mol. The zero-order valence-corrected chi connectivity index (χ0v) is 13.6. The lowest BCUT2D eigenvalue weighted by molar-refractivity contribution is 0.363. The molecule has 0 aliphatic heterocycles. The highest BCUT2D eigenvalue weighted by Gasteiger charge is 2.32. The number of nitrogens with one attached hydrogen (secondary N) is 1. The summed E-state index contributed by atoms with van der Waals surface area (Å²) in [6, 6.07) is 8.30. The highest BCUT2D eigenvalue weighted by atomic mass is 32.2. The first-order valence-corrected chi connectivity index (χ1v) is 8.70. The second kappa shape index (κ2) is 6.60. The van der Waals surface area contributed by atoms with Crippen LogP contribution in [0.15, 0.2) is 45.9 Å². The fourth-order valence-electron chi connectivity index (χ4n) is 2.32. The summed E-state index contributed by atoms with van der Waals surface area (Å²) in [6.07, 6.45) is 2.71. The molecule has 1 aromatic heterocycles. The van der Waals surface area contributed by atoms with Crippen LogP contribution in [0.4, 0.5) is 0 Å². The molecule has 6 nitrogen and oxygen atoms in total. The first kappa shape index (κ1) is 16.7. The Hall–Kier alpha value is -1.70. The van der Waals surface area contributed by atoms with Crippen LogP contribution >= 0.6 is 0 Å². The molecule has 0 unspecified atom stereocenters. The van der Waals surface area contributed by atoms with Gasteiger partial charge in [-0.3, -0.25) is 0 Å². The fourth-order valence-corrected chi connectivity index (χ4v) is 4.09. The van der Waals surface area contributed by atoms with Crippen molar-refractivity contribution in [1.82, 2.24) is 9.88 Å². The van der Waals surface area contributed by atoms with Crippen LogP contribution in [-0.2, 0) is 10.0 Å². The lowest BCUT2D eigenvalue weighted by atomic mass is 9.95. The van der Waals surface area contributed by atoms with E-state index in [1.54, 1.807) is 30.3 Å². The lowest BCUT2D eigenvalue weighted by Gasteiger charge is -2.31. The van der Waals surface area contributed by atoms with E-state index in [-0.39, 0.29) is 11.4 Å². The summed E-state index contributed by atoms with van der Waals surface area (Å²) in [6.45, 7) is 4.08. The number of nitrogens with zero attached hydrogens (tertiary/aromatic N) is 1. The molecule has 1 aromatic carbocycles. The molecule has 7 heteroatoms. The summed E-state index contributed by atoms with van der Waals surface area (Å²) < 4.78 is 33.5. The predicted octanol–water partition coefficient (Wildman–Crippen LogP) is 2.14. The number of benzene rings is 1. The molecule has 120 valence electrons. The van der Waals surface area contributed by atoms with E-state index in [0.29, 0.717) is 24.2 Å². The molecular weight excluding hydrogens is 302 g/mol. The van der Waals surface area contributed by atoms with E-state index < -0.39 is 15.6 Å². The van der Waals surface area contributed by atoms with Crippen LogP contribution in [0.25, 0.3) is 11.3 Å². The number of sulfonamides is 1. The Labute approximate surface area is 130 Å². The first-order valence-electron chi connectivity index (χ1n) is 7.22. The first-order chi connectivity index (χ1) is 10.5. The van der Waals surface area contributed by atoms with Gasteiger partial charge in [0.15, 0.2) is 5.76 Å². The minimum atomic E-state index is -3.73. The summed E-state index contributed by atoms with van der Waals surface area (Å²) in [4.78, 5) is 0.159. The van der Waals surface area contributed by atoms with Crippen molar-refractivity contribution in [2.75, 3.05) is 6.54 Å². The molecule has 2 rings (SSSR count). The summed E-state index contributed by atoms with van der Waals surface area (Å²) >= 11 is 0. The molecule has 3 N–H and O–H groups in total. The Bertz CT molecular complexity index is 699. The third-order valence-electron chi connectivity index (χ3n) is 3.98. The van der Waals surface area contributed by atoms with Crippen LogP contribution in [0, 0.1) is 0 Å². The Morgan fingerprint density at radius 1 is 1.23 bits per heavy atom. The summed E-state index contributed by atoms with van der Waals surface area (Å²) in [7, 11) is -3.73. The van der Waals surface area contributed by atoms with E-state index in [1.807, 2.05) is 13.8 Å². The maximum absolute atomic E-state index is 12.8. The Balaban J connectivity index is 2.47. The van der Waals surface area contributed by atoms with Gasteiger partial charge >= 0.3 is 0 Å². The van der Waals surface area contributed by atoms with Crippen molar-refractivity contribution in [2.45, 2.75) is 37.1 Å². The van der Waals surface area contributed by atoms with Gasteiger partial charge in [0.05, 0.1) is 11.1 Å². The van der Waals surface area contributed by atoms with Gasteiger partial charge in [-0.15, -0.1) is 0 Å². The van der Waals surface area contributed by atoms with Crippen molar-refractivity contribution in [3.8, 4) is 11.3 Å². The summed E-state index contributed by atoms with van der Waals surface area (Å²) in [5, 5.41) is 3.63. The molecule has 0 aliphatic carbocycles. The van der Waals surface area contributed by atoms with Crippen molar-refractivity contribution in [3.05, 3.63) is 36.5 Å². The van der Waals surface area contributed by atoms with Crippen molar-refractivity contribution in [1.29, 1.82) is 0 Å². The molecule has 0 atom stereocenters. The largest absolute Gasteiger partial charge is 0.356 e. The molecule has 0 radical (unpaired) electrons. The van der Waals surface area contributed by atoms with E-state index >= 15 is 0 Å². The quantitative estimate of drug-likeness (QED) is 0.813. The van der Waals surface area contributed by atoms with Gasteiger partial charge in [0, 0.05) is 23.7 Å². The van der Waals surface area contributed by atoms with Gasteiger partial charge in [0.2, 0.25) is 10.0 Å². The van der Waals surface area contributed by atoms with Crippen LogP contribution in [0.1, 0.15) is 26.7 Å². The molecule has 0 spiro atoms. The molecule has 22 heavy (non-hydrogen) atoms. The number of aromatic nitrogens is 1. The van der Waals surface area contributed by atoms with E-state index in [2.05, 4.69) is 9.88 Å². The maximum atomic E-state index is 12.8. The SMILES string of the molecule is CCC(CC)(CN)NS(=O)(=O)c1ccccc1-c1ccno1. The van der Waals surface area contributed by atoms with E-state index in [4.69, 9.17) is 10.3 Å². The molecule has 0 saturated carbocycles. The fraction of sp³-hybridized carbons (Fsp3) is 0.400. The second-order valence-corrected chi connectivity index (χ2v) is 6.82. The monoisotopic (exact) mass is 323 g/mol. The van der Waals surface area contributed by atoms with Crippen LogP contribution in [0.5, 0.6) is 0 Å². The maximum Gasteiger partial charge on any atom is 0.241 e. The molecule has 0 bridgehead atoms. The normalized spacial score (nSPS) is 12.5. The van der Waals surface area contributed by atoms with Gasteiger partial charge in [-0.1, -0.05) is 31.1 Å². The number of nitrogens with two attached hydrogens (primary N) is 1. The molecule has 2 aromatic rings. The Morgan fingerprint density at radius 3 is 2.45 bits per heavy atom. The highest BCUT2D eigenvalue weighted by molar-refractivity contribution is 7.89. The minimum Gasteiger partial charge on any atom is -0.356 e. The highest BCUT2D eigenvalue weighted by Crippen LogP contribution is 2.28. The molecule has 0 fully saturated rings. The topological polar surface area (TPSA) is 98.2 Å². The third kappa shape index (κ3) is 3.21. The van der Waals surface area contributed by atoms with Crippen LogP contribution < -0.4 is 10.5 Å². The van der Waals surface area contributed by atoms with Crippen molar-refractivity contribution < 1.29 is 12.9 Å². The van der Waals surface area contributed by atoms with Gasteiger partial charge in [-0.25, -0.2) is 13.1 Å². The van der Waals surface area contributed by atoms with Gasteiger partial charge in [0.25, 0.3) is 0 Å². The van der Waals surface area contributed by atoms with E-state index in [0.717, 1.165) is 0 Å². The van der Waals surface area contributed by atoms with Crippen molar-refractivity contribution in [2.24, 2.45) is 5.73 Å². The number of hydrogen-bond acceptors (Lipinski definition) is 5. The lowest BCUT2D eigenvalue weighted by Crippen LogP contribution is -2.52. The van der Waals surface area contributed by atoms with Gasteiger partial charge < -0.3 is 10.3 Å². The molecule has 1 heterocycles. The Kier molecular flexibility index (Phi) is 5.00. The smallest absolute Gasteiger partial charge is 0.241 e. The van der Waals surface area contributed by atoms with Crippen LogP contribution in [0.3, 0.4) is 0 Å². The van der Waals surface area contributed by atoms with Crippen LogP contribution in [-0.4, -0.2) is 25.7 Å². The standard InChI is InChI=1S/C15H21N3O3S/c1-3-15(4-2,11-16)18-22(19,20)14-8-6-5-7-12(14)13-9-10-17-21-13/h5-10,18H,3-4,11,16H2,1-2H3. The molecular formula is C15H21N3O3S. The molecule has 0 saturated heterocycles. The summed E-state index contributed by atoms with van der Waals surface area (Å²) in [5.74, 6) is 0.410. The van der Waals surface area contributed by atoms with Crippen LogP contribution in [0.2, 0.25) is 0 Å².